The van der Waals surface area contributed by atoms with Crippen LogP contribution in [-0.4, -0.2) is 0 Å². The third kappa shape index (κ3) is 9.81. The van der Waals surface area contributed by atoms with Crippen LogP contribution in [0.2, 0.25) is 0 Å². The predicted octanol–water partition coefficient (Wildman–Crippen LogP) is 5.85. The van der Waals surface area contributed by atoms with Crippen molar-refractivity contribution in [3.63, 3.8) is 0 Å². The summed E-state index contributed by atoms with van der Waals surface area (Å²) in [4.78, 5) is 0. The van der Waals surface area contributed by atoms with Crippen LogP contribution in [0.25, 0.3) is 0 Å². The van der Waals surface area contributed by atoms with Crippen molar-refractivity contribution in [3.05, 3.63) is 34.9 Å². The smallest absolute Gasteiger partial charge is 0.0152 e. The van der Waals surface area contributed by atoms with E-state index in [1.54, 1.807) is 0 Å². The largest absolute Gasteiger partial charge is 0.0988 e. The second-order valence-corrected chi connectivity index (χ2v) is 4.00. The second kappa shape index (κ2) is 11.6. The maximum atomic E-state index is 5.80. The summed E-state index contributed by atoms with van der Waals surface area (Å²) in [5.74, 6) is 0. The Labute approximate surface area is 101 Å². The van der Waals surface area contributed by atoms with E-state index in [0.717, 1.165) is 17.9 Å². The van der Waals surface area contributed by atoms with Gasteiger partial charge in [0.25, 0.3) is 0 Å². The van der Waals surface area contributed by atoms with Crippen LogP contribution in [0.5, 0.6) is 0 Å². The minimum absolute atomic E-state index is 0.833. The average molecular weight is 229 g/mol. The number of hydrogen-bond donors (Lipinski definition) is 0. The normalized spacial score (nSPS) is 12.5. The summed E-state index contributed by atoms with van der Waals surface area (Å²) >= 11 is 5.80. The van der Waals surface area contributed by atoms with Gasteiger partial charge in [0.05, 0.1) is 0 Å². The summed E-state index contributed by atoms with van der Waals surface area (Å²) in [5.41, 5.74) is 2.58. The molecule has 88 valence electrons. The first-order chi connectivity index (χ1) is 7.06. The van der Waals surface area contributed by atoms with E-state index in [-0.39, 0.29) is 0 Å². The Balaban J connectivity index is 0. The van der Waals surface area contributed by atoms with E-state index in [0.29, 0.717) is 0 Å². The zero-order valence-electron chi connectivity index (χ0n) is 10.9. The maximum Gasteiger partial charge on any atom is 0.0152 e. The van der Waals surface area contributed by atoms with Gasteiger partial charge in [0.1, 0.15) is 0 Å². The van der Waals surface area contributed by atoms with Crippen molar-refractivity contribution in [2.24, 2.45) is 0 Å². The quantitative estimate of drug-likeness (QED) is 0.530. The molecule has 0 aliphatic rings. The molecule has 0 spiro atoms. The molecule has 0 unspecified atom stereocenters. The number of rotatable bonds is 4. The van der Waals surface area contributed by atoms with Crippen molar-refractivity contribution >= 4 is 11.6 Å². The molecule has 0 aliphatic carbocycles. The minimum atomic E-state index is 0.833. The third-order valence-electron chi connectivity index (χ3n) is 1.79. The molecule has 0 aromatic heterocycles. The first-order valence-corrected chi connectivity index (χ1v) is 6.13. The van der Waals surface area contributed by atoms with Gasteiger partial charge in [-0.05, 0) is 37.0 Å². The topological polar surface area (TPSA) is 0 Å². The third-order valence-corrected chi connectivity index (χ3v) is 1.90. The lowest BCUT2D eigenvalue weighted by atomic mass is 10.0. The summed E-state index contributed by atoms with van der Waals surface area (Å²) in [6, 6.07) is 0. The molecule has 0 fully saturated rings. The van der Waals surface area contributed by atoms with Crippen LogP contribution in [0.4, 0.5) is 0 Å². The Hall–Kier alpha value is -0.490. The van der Waals surface area contributed by atoms with Crippen molar-refractivity contribution in [1.29, 1.82) is 0 Å². The zero-order valence-corrected chi connectivity index (χ0v) is 11.6. The van der Waals surface area contributed by atoms with E-state index < -0.39 is 0 Å². The fourth-order valence-electron chi connectivity index (χ4n) is 1.16. The first-order valence-electron chi connectivity index (χ1n) is 5.75. The molecule has 0 heterocycles. The Morgan fingerprint density at radius 1 is 1.07 bits per heavy atom. The molecule has 0 bridgehead atoms. The molecule has 0 amide bonds. The number of hydrogen-bond acceptors (Lipinski definition) is 0. The molecule has 0 saturated heterocycles. The summed E-state index contributed by atoms with van der Waals surface area (Å²) in [7, 11) is 0. The van der Waals surface area contributed by atoms with E-state index in [4.69, 9.17) is 11.6 Å². The van der Waals surface area contributed by atoms with Gasteiger partial charge in [-0.25, -0.2) is 0 Å². The molecular formula is C14H25Cl. The van der Waals surface area contributed by atoms with E-state index in [1.807, 2.05) is 19.1 Å². The number of allylic oxidation sites excluding steroid dienone is 5. The maximum absolute atomic E-state index is 5.80. The van der Waals surface area contributed by atoms with Gasteiger partial charge in [-0.3, -0.25) is 0 Å². The van der Waals surface area contributed by atoms with Crippen molar-refractivity contribution in [2.75, 3.05) is 0 Å². The molecule has 0 radical (unpaired) electrons. The molecule has 0 nitrogen and oxygen atoms in total. The summed E-state index contributed by atoms with van der Waals surface area (Å²) < 4.78 is 0. The van der Waals surface area contributed by atoms with Gasteiger partial charge in [0.2, 0.25) is 0 Å². The van der Waals surface area contributed by atoms with Gasteiger partial charge in [-0.15, -0.1) is 0 Å². The Morgan fingerprint density at radius 2 is 1.47 bits per heavy atom. The monoisotopic (exact) mass is 228 g/mol. The van der Waals surface area contributed by atoms with Crippen LogP contribution in [0, 0.1) is 0 Å². The van der Waals surface area contributed by atoms with Crippen LogP contribution in [0.3, 0.4) is 0 Å². The SMILES string of the molecule is C=C/C(CC)=C(\C=C(/C)Cl)CC.CCC. The second-order valence-electron chi connectivity index (χ2n) is 3.40. The molecule has 0 atom stereocenters. The van der Waals surface area contributed by atoms with E-state index in [2.05, 4.69) is 34.3 Å². The van der Waals surface area contributed by atoms with E-state index in [1.165, 1.54) is 17.6 Å². The highest BCUT2D eigenvalue weighted by Gasteiger charge is 1.96. The lowest BCUT2D eigenvalue weighted by Crippen LogP contribution is -1.84. The molecule has 0 aliphatic heterocycles. The van der Waals surface area contributed by atoms with Crippen molar-refractivity contribution in [1.82, 2.24) is 0 Å². The van der Waals surface area contributed by atoms with Gasteiger partial charge in [0.15, 0.2) is 0 Å². The molecule has 0 N–H and O–H groups in total. The molecule has 0 rings (SSSR count). The minimum Gasteiger partial charge on any atom is -0.0988 e. The zero-order chi connectivity index (χ0) is 12.3. The van der Waals surface area contributed by atoms with Gasteiger partial charge in [0, 0.05) is 5.03 Å². The Kier molecular flexibility index (Phi) is 13.1. The molecule has 0 aromatic rings. The van der Waals surface area contributed by atoms with Gasteiger partial charge in [-0.2, -0.15) is 0 Å². The summed E-state index contributed by atoms with van der Waals surface area (Å²) in [6.07, 6.45) is 7.21. The van der Waals surface area contributed by atoms with Crippen LogP contribution >= 0.6 is 11.6 Å². The highest BCUT2D eigenvalue weighted by molar-refractivity contribution is 6.29. The van der Waals surface area contributed by atoms with Crippen molar-refractivity contribution in [2.45, 2.75) is 53.9 Å². The lowest BCUT2D eigenvalue weighted by Gasteiger charge is -2.04. The highest BCUT2D eigenvalue weighted by atomic mass is 35.5. The fourth-order valence-corrected chi connectivity index (χ4v) is 1.30. The Morgan fingerprint density at radius 3 is 1.67 bits per heavy atom. The fraction of sp³-hybridized carbons (Fsp3) is 0.571. The van der Waals surface area contributed by atoms with Crippen LogP contribution < -0.4 is 0 Å². The van der Waals surface area contributed by atoms with Crippen LogP contribution in [0.1, 0.15) is 53.9 Å². The first kappa shape index (κ1) is 16.9. The predicted molar refractivity (Wildman–Crippen MR) is 73.4 cm³/mol. The average Bonchev–Trinajstić information content (AvgIpc) is 2.18. The molecule has 15 heavy (non-hydrogen) atoms. The summed E-state index contributed by atoms with van der Waals surface area (Å²) in [5, 5.41) is 0.833. The standard InChI is InChI=1S/C11H17Cl.C3H8/c1-5-10(6-2)11(7-3)8-9(4)12;1-3-2/h5,8H,1,6-7H2,2-4H3;3H2,1-2H3/b9-8+,11-10+;. The molecule has 1 heteroatoms. The van der Waals surface area contributed by atoms with Crippen molar-refractivity contribution < 1.29 is 0 Å². The van der Waals surface area contributed by atoms with E-state index in [9.17, 15) is 0 Å². The van der Waals surface area contributed by atoms with Crippen LogP contribution in [-0.2, 0) is 0 Å². The number of halogens is 1. The lowest BCUT2D eigenvalue weighted by molar-refractivity contribution is 1.05. The van der Waals surface area contributed by atoms with E-state index >= 15 is 0 Å². The summed E-state index contributed by atoms with van der Waals surface area (Å²) in [6.45, 7) is 14.2. The van der Waals surface area contributed by atoms with Gasteiger partial charge < -0.3 is 0 Å². The molecule has 0 saturated carbocycles. The molecular weight excluding hydrogens is 204 g/mol. The van der Waals surface area contributed by atoms with Crippen LogP contribution in [0.15, 0.2) is 34.9 Å². The molecule has 0 aromatic carbocycles. The highest BCUT2D eigenvalue weighted by Crippen LogP contribution is 2.17. The van der Waals surface area contributed by atoms with Crippen molar-refractivity contribution in [3.8, 4) is 0 Å². The van der Waals surface area contributed by atoms with Gasteiger partial charge >= 0.3 is 0 Å². The Bertz CT molecular complexity index is 217. The van der Waals surface area contributed by atoms with Gasteiger partial charge in [-0.1, -0.05) is 58.4 Å².